The molecule has 29 heavy (non-hydrogen) atoms. The van der Waals surface area contributed by atoms with Crippen LogP contribution in [0, 0.1) is 5.82 Å². The average molecular weight is 460 g/mol. The number of carbonyl (C=O) groups excluding carboxylic acids is 1. The summed E-state index contributed by atoms with van der Waals surface area (Å²) in [5.74, 6) is 0.586. The van der Waals surface area contributed by atoms with Crippen LogP contribution in [0.15, 0.2) is 41.1 Å². The molecule has 1 atom stereocenters. The molecule has 2 heterocycles. The van der Waals surface area contributed by atoms with Crippen LogP contribution in [0.25, 0.3) is 10.9 Å². The lowest BCUT2D eigenvalue weighted by Crippen LogP contribution is -2.26. The number of anilines is 3. The highest BCUT2D eigenvalue weighted by molar-refractivity contribution is 9.10. The van der Waals surface area contributed by atoms with E-state index in [4.69, 9.17) is 10.5 Å². The normalized spacial score (nSPS) is 16.8. The van der Waals surface area contributed by atoms with Crippen molar-refractivity contribution in [3.8, 4) is 5.75 Å². The Balaban J connectivity index is 1.59. The number of hydrogen-bond donors (Lipinski definition) is 2. The predicted octanol–water partition coefficient (Wildman–Crippen LogP) is 3.51. The summed E-state index contributed by atoms with van der Waals surface area (Å²) in [5.41, 5.74) is 7.59. The zero-order chi connectivity index (χ0) is 20.4. The van der Waals surface area contributed by atoms with E-state index in [-0.39, 0.29) is 6.10 Å². The number of rotatable bonds is 6. The van der Waals surface area contributed by atoms with Crippen molar-refractivity contribution in [2.75, 3.05) is 30.7 Å². The van der Waals surface area contributed by atoms with Crippen molar-refractivity contribution in [2.45, 2.75) is 12.5 Å². The van der Waals surface area contributed by atoms with E-state index in [9.17, 15) is 9.18 Å². The van der Waals surface area contributed by atoms with Crippen LogP contribution in [0.1, 0.15) is 6.42 Å². The molecule has 1 aliphatic heterocycles. The molecule has 150 valence electrons. The zero-order valence-electron chi connectivity index (χ0n) is 15.4. The fourth-order valence-corrected chi connectivity index (χ4v) is 3.70. The highest BCUT2D eigenvalue weighted by Gasteiger charge is 2.24. The predicted molar refractivity (Wildman–Crippen MR) is 113 cm³/mol. The van der Waals surface area contributed by atoms with Gasteiger partial charge in [0.25, 0.3) is 0 Å². The summed E-state index contributed by atoms with van der Waals surface area (Å²) >= 11 is 3.24. The minimum absolute atomic E-state index is 0.0361. The summed E-state index contributed by atoms with van der Waals surface area (Å²) in [6.45, 7) is 1.89. The van der Waals surface area contributed by atoms with E-state index in [2.05, 4.69) is 31.2 Å². The fourth-order valence-electron chi connectivity index (χ4n) is 3.36. The van der Waals surface area contributed by atoms with Gasteiger partial charge in [-0.3, -0.25) is 4.90 Å². The van der Waals surface area contributed by atoms with Crippen LogP contribution in [0.4, 0.5) is 21.6 Å². The molecule has 7 nitrogen and oxygen atoms in total. The Morgan fingerprint density at radius 1 is 1.34 bits per heavy atom. The lowest BCUT2D eigenvalue weighted by Gasteiger charge is -2.17. The summed E-state index contributed by atoms with van der Waals surface area (Å²) in [5, 5.41) is 3.66. The van der Waals surface area contributed by atoms with Gasteiger partial charge in [-0.15, -0.1) is 0 Å². The Morgan fingerprint density at radius 3 is 3.00 bits per heavy atom. The van der Waals surface area contributed by atoms with Gasteiger partial charge in [0.15, 0.2) is 0 Å². The van der Waals surface area contributed by atoms with Crippen LogP contribution in [-0.2, 0) is 4.79 Å². The molecule has 0 amide bonds. The van der Waals surface area contributed by atoms with Gasteiger partial charge in [-0.1, -0.05) is 15.9 Å². The minimum atomic E-state index is -0.403. The summed E-state index contributed by atoms with van der Waals surface area (Å²) in [7, 11) is 0. The van der Waals surface area contributed by atoms with Gasteiger partial charge >= 0.3 is 0 Å². The molecule has 3 aromatic rings. The topological polar surface area (TPSA) is 93.4 Å². The van der Waals surface area contributed by atoms with E-state index in [1.807, 2.05) is 4.90 Å². The molecule has 2 aromatic carbocycles. The fraction of sp³-hybridized carbons (Fsp3) is 0.250. The average Bonchev–Trinajstić information content (AvgIpc) is 3.12. The number of aromatic nitrogens is 2. The first-order chi connectivity index (χ1) is 14.0. The second-order valence-corrected chi connectivity index (χ2v) is 7.75. The SMILES string of the molecule is Nc1cc2c(Nc3ccc(Br)cc3F)ncnc2cc1OC1CCN(CC=O)C1. The van der Waals surface area contributed by atoms with Gasteiger partial charge in [-0.05, 0) is 30.7 Å². The van der Waals surface area contributed by atoms with Crippen molar-refractivity contribution in [3.05, 3.63) is 46.9 Å². The maximum atomic E-state index is 14.2. The van der Waals surface area contributed by atoms with Crippen molar-refractivity contribution < 1.29 is 13.9 Å². The molecule has 1 saturated heterocycles. The number of nitrogen functional groups attached to an aromatic ring is 1. The lowest BCUT2D eigenvalue weighted by atomic mass is 10.2. The van der Waals surface area contributed by atoms with Crippen molar-refractivity contribution in [3.63, 3.8) is 0 Å². The summed E-state index contributed by atoms with van der Waals surface area (Å²) < 4.78 is 20.9. The molecule has 9 heteroatoms. The number of nitrogens with two attached hydrogens (primary N) is 1. The quantitative estimate of drug-likeness (QED) is 0.430. The molecule has 0 aliphatic carbocycles. The summed E-state index contributed by atoms with van der Waals surface area (Å²) in [4.78, 5) is 21.2. The highest BCUT2D eigenvalue weighted by atomic mass is 79.9. The van der Waals surface area contributed by atoms with Gasteiger partial charge in [0, 0.05) is 29.0 Å². The molecule has 3 N–H and O–H groups in total. The van der Waals surface area contributed by atoms with Gasteiger partial charge in [0.05, 0.1) is 23.4 Å². The largest absolute Gasteiger partial charge is 0.487 e. The molecule has 0 bridgehead atoms. The maximum absolute atomic E-state index is 14.2. The van der Waals surface area contributed by atoms with Crippen molar-refractivity contribution in [2.24, 2.45) is 0 Å². The molecule has 0 spiro atoms. The van der Waals surface area contributed by atoms with Crippen LogP contribution in [0.5, 0.6) is 5.75 Å². The maximum Gasteiger partial charge on any atom is 0.147 e. The third-order valence-corrected chi connectivity index (χ3v) is 5.30. The third kappa shape index (κ3) is 4.30. The second-order valence-electron chi connectivity index (χ2n) is 6.83. The molecule has 1 unspecified atom stereocenters. The lowest BCUT2D eigenvalue weighted by molar-refractivity contribution is -0.108. The van der Waals surface area contributed by atoms with Crippen molar-refractivity contribution in [1.29, 1.82) is 0 Å². The number of aldehydes is 1. The van der Waals surface area contributed by atoms with Crippen LogP contribution in [0.2, 0.25) is 0 Å². The van der Waals surface area contributed by atoms with Crippen molar-refractivity contribution in [1.82, 2.24) is 14.9 Å². The number of fused-ring (bicyclic) bond motifs is 1. The first-order valence-corrected chi connectivity index (χ1v) is 9.91. The molecule has 0 saturated carbocycles. The molecule has 1 fully saturated rings. The van der Waals surface area contributed by atoms with Crippen LogP contribution < -0.4 is 15.8 Å². The molecule has 4 rings (SSSR count). The van der Waals surface area contributed by atoms with Gasteiger partial charge in [0.2, 0.25) is 0 Å². The molecule has 0 radical (unpaired) electrons. The zero-order valence-corrected chi connectivity index (χ0v) is 17.0. The first-order valence-electron chi connectivity index (χ1n) is 9.12. The number of likely N-dealkylation sites (tertiary alicyclic amines) is 1. The third-order valence-electron chi connectivity index (χ3n) is 4.81. The highest BCUT2D eigenvalue weighted by Crippen LogP contribution is 2.33. The molecular weight excluding hydrogens is 441 g/mol. The van der Waals surface area contributed by atoms with Crippen LogP contribution >= 0.6 is 15.9 Å². The van der Waals surface area contributed by atoms with E-state index in [1.165, 1.54) is 12.4 Å². The number of ether oxygens (including phenoxy) is 1. The molecule has 1 aromatic heterocycles. The van der Waals surface area contributed by atoms with Gasteiger partial charge in [-0.2, -0.15) is 0 Å². The van der Waals surface area contributed by atoms with Gasteiger partial charge in [-0.25, -0.2) is 14.4 Å². The number of halogens is 2. The Labute approximate surface area is 175 Å². The van der Waals surface area contributed by atoms with Crippen molar-refractivity contribution >= 4 is 50.3 Å². The first kappa shape index (κ1) is 19.5. The smallest absolute Gasteiger partial charge is 0.147 e. The minimum Gasteiger partial charge on any atom is -0.487 e. The number of carbonyl (C=O) groups is 1. The Bertz CT molecular complexity index is 1060. The van der Waals surface area contributed by atoms with E-state index in [1.54, 1.807) is 24.3 Å². The van der Waals surface area contributed by atoms with Crippen LogP contribution in [0.3, 0.4) is 0 Å². The Morgan fingerprint density at radius 2 is 2.21 bits per heavy atom. The monoisotopic (exact) mass is 459 g/mol. The molecule has 1 aliphatic rings. The van der Waals surface area contributed by atoms with Gasteiger partial charge < -0.3 is 20.6 Å². The number of nitrogens with one attached hydrogen (secondary N) is 1. The number of nitrogens with zero attached hydrogens (tertiary/aromatic N) is 3. The Kier molecular flexibility index (Phi) is 5.59. The number of benzene rings is 2. The van der Waals surface area contributed by atoms with Crippen LogP contribution in [-0.4, -0.2) is 46.9 Å². The summed E-state index contributed by atoms with van der Waals surface area (Å²) in [6.07, 6.45) is 3.09. The standard InChI is InChI=1S/C20H19BrFN5O2/c21-12-1-2-17(15(22)7-12)26-20-14-8-16(23)19(9-18(14)24-11-25-20)29-13-3-4-27(10-13)5-6-28/h1-2,6-9,11,13H,3-5,10,23H2,(H,24,25,26). The van der Waals surface area contributed by atoms with E-state index >= 15 is 0 Å². The molecular formula is C20H19BrFN5O2. The van der Waals surface area contributed by atoms with Gasteiger partial charge in [0.1, 0.15) is 36.1 Å². The Hall–Kier alpha value is -2.78. The number of hydrogen-bond acceptors (Lipinski definition) is 7. The van der Waals surface area contributed by atoms with E-state index in [0.29, 0.717) is 51.4 Å². The second kappa shape index (κ2) is 8.30. The van der Waals surface area contributed by atoms with E-state index < -0.39 is 5.82 Å². The van der Waals surface area contributed by atoms with E-state index in [0.717, 1.165) is 19.3 Å². The summed E-state index contributed by atoms with van der Waals surface area (Å²) in [6, 6.07) is 8.23.